The molecule has 10 nitrogen and oxygen atoms in total. The number of benzene rings is 2. The van der Waals surface area contributed by atoms with Crippen LogP contribution in [0.2, 0.25) is 0 Å². The molecule has 3 aromatic rings. The summed E-state index contributed by atoms with van der Waals surface area (Å²) < 4.78 is 1.37. The van der Waals surface area contributed by atoms with E-state index in [9.17, 15) is 14.9 Å². The topological polar surface area (TPSA) is 128 Å². The van der Waals surface area contributed by atoms with Crippen LogP contribution in [0.3, 0.4) is 0 Å². The van der Waals surface area contributed by atoms with E-state index in [0.29, 0.717) is 28.5 Å². The van der Waals surface area contributed by atoms with Crippen molar-refractivity contribution in [2.75, 3.05) is 10.6 Å². The van der Waals surface area contributed by atoms with E-state index in [-0.39, 0.29) is 5.69 Å². The van der Waals surface area contributed by atoms with E-state index in [2.05, 4.69) is 26.2 Å². The quantitative estimate of drug-likeness (QED) is 0.517. The average molecular weight is 391 g/mol. The number of hydrogen-bond donors (Lipinski definition) is 2. The van der Waals surface area contributed by atoms with Gasteiger partial charge in [-0.2, -0.15) is 4.68 Å². The Kier molecular flexibility index (Phi) is 4.51. The lowest BCUT2D eigenvalue weighted by atomic mass is 9.93. The highest BCUT2D eigenvalue weighted by Crippen LogP contribution is 2.38. The number of nitrogens with one attached hydrogen (secondary N) is 2. The number of nitro benzene ring substituents is 1. The maximum Gasteiger partial charge on any atom is 0.275 e. The number of rotatable bonds is 4. The van der Waals surface area contributed by atoms with Gasteiger partial charge in [-0.05, 0) is 42.5 Å². The molecule has 1 aliphatic rings. The van der Waals surface area contributed by atoms with Crippen LogP contribution in [0.4, 0.5) is 17.3 Å². The van der Waals surface area contributed by atoms with E-state index < -0.39 is 16.9 Å². The molecule has 10 heteroatoms. The second-order valence-corrected chi connectivity index (χ2v) is 6.65. The van der Waals surface area contributed by atoms with Gasteiger partial charge in [-0.1, -0.05) is 34.9 Å². The van der Waals surface area contributed by atoms with E-state index in [0.717, 1.165) is 5.56 Å². The molecule has 1 amide bonds. The van der Waals surface area contributed by atoms with E-state index in [1.807, 2.05) is 19.1 Å². The van der Waals surface area contributed by atoms with Crippen molar-refractivity contribution >= 4 is 23.2 Å². The first-order chi connectivity index (χ1) is 14.0. The first-order valence-electron chi connectivity index (χ1n) is 8.82. The summed E-state index contributed by atoms with van der Waals surface area (Å²) in [6.45, 7) is 3.66. The molecule has 1 atom stereocenters. The Hall–Kier alpha value is -4.08. The number of nitro groups is 1. The van der Waals surface area contributed by atoms with E-state index in [1.54, 1.807) is 37.3 Å². The number of anilines is 2. The van der Waals surface area contributed by atoms with Gasteiger partial charge in [0.25, 0.3) is 11.6 Å². The van der Waals surface area contributed by atoms with Crippen molar-refractivity contribution < 1.29 is 9.72 Å². The van der Waals surface area contributed by atoms with Crippen molar-refractivity contribution in [3.8, 4) is 0 Å². The SMILES string of the molecule is CC1=C(C(=O)Nc2ccc(C)cc2)C(c2ccccc2[N+](=O)[O-])n2nnnc2N1. The molecule has 1 aromatic heterocycles. The van der Waals surface area contributed by atoms with E-state index in [4.69, 9.17) is 0 Å². The Bertz CT molecular complexity index is 1130. The lowest BCUT2D eigenvalue weighted by molar-refractivity contribution is -0.385. The molecule has 29 heavy (non-hydrogen) atoms. The lowest BCUT2D eigenvalue weighted by Gasteiger charge is -2.27. The summed E-state index contributed by atoms with van der Waals surface area (Å²) in [4.78, 5) is 24.3. The largest absolute Gasteiger partial charge is 0.326 e. The van der Waals surface area contributed by atoms with Gasteiger partial charge in [-0.25, -0.2) is 0 Å². The summed E-state index contributed by atoms with van der Waals surface area (Å²) in [5.74, 6) is -0.0966. The van der Waals surface area contributed by atoms with Gasteiger partial charge in [0.2, 0.25) is 5.95 Å². The highest BCUT2D eigenvalue weighted by Gasteiger charge is 2.37. The fourth-order valence-corrected chi connectivity index (χ4v) is 3.31. The summed E-state index contributed by atoms with van der Waals surface area (Å²) >= 11 is 0. The monoisotopic (exact) mass is 391 g/mol. The zero-order chi connectivity index (χ0) is 20.5. The number of fused-ring (bicyclic) bond motifs is 1. The molecule has 0 aliphatic carbocycles. The summed E-state index contributed by atoms with van der Waals surface area (Å²) in [6.07, 6.45) is 0. The van der Waals surface area contributed by atoms with Crippen molar-refractivity contribution in [3.63, 3.8) is 0 Å². The molecule has 0 saturated carbocycles. The molecule has 0 spiro atoms. The molecule has 1 aliphatic heterocycles. The minimum atomic E-state index is -0.853. The number of nitrogens with zero attached hydrogens (tertiary/aromatic N) is 5. The molecule has 2 heterocycles. The lowest BCUT2D eigenvalue weighted by Crippen LogP contribution is -2.32. The molecule has 2 aromatic carbocycles. The molecule has 0 radical (unpaired) electrons. The van der Waals surface area contributed by atoms with Gasteiger partial charge < -0.3 is 10.6 Å². The zero-order valence-corrected chi connectivity index (χ0v) is 15.7. The number of carbonyl (C=O) groups is 1. The number of aromatic nitrogens is 4. The van der Waals surface area contributed by atoms with Gasteiger partial charge in [0.1, 0.15) is 6.04 Å². The first kappa shape index (κ1) is 18.3. The van der Waals surface area contributed by atoms with Crippen LogP contribution >= 0.6 is 0 Å². The van der Waals surface area contributed by atoms with Gasteiger partial charge in [-0.15, -0.1) is 0 Å². The Balaban J connectivity index is 1.81. The van der Waals surface area contributed by atoms with Gasteiger partial charge in [0, 0.05) is 17.5 Å². The summed E-state index contributed by atoms with van der Waals surface area (Å²) in [6, 6.07) is 12.8. The van der Waals surface area contributed by atoms with Crippen molar-refractivity contribution in [1.82, 2.24) is 20.2 Å². The minimum Gasteiger partial charge on any atom is -0.326 e. The summed E-state index contributed by atoms with van der Waals surface area (Å²) in [5, 5.41) is 29.0. The van der Waals surface area contributed by atoms with Gasteiger partial charge in [0.15, 0.2) is 0 Å². The van der Waals surface area contributed by atoms with Crippen LogP contribution in [0, 0.1) is 17.0 Å². The molecule has 2 N–H and O–H groups in total. The van der Waals surface area contributed by atoms with Crippen LogP contribution in [0.25, 0.3) is 0 Å². The zero-order valence-electron chi connectivity index (χ0n) is 15.7. The van der Waals surface area contributed by atoms with Crippen LogP contribution in [0.5, 0.6) is 0 Å². The van der Waals surface area contributed by atoms with Crippen LogP contribution in [0.1, 0.15) is 24.1 Å². The fraction of sp³-hybridized carbons (Fsp3) is 0.158. The smallest absolute Gasteiger partial charge is 0.275 e. The van der Waals surface area contributed by atoms with Crippen LogP contribution < -0.4 is 10.6 Å². The van der Waals surface area contributed by atoms with E-state index >= 15 is 0 Å². The average Bonchev–Trinajstić information content (AvgIpc) is 3.16. The number of amides is 1. The number of para-hydroxylation sites is 1. The molecular weight excluding hydrogens is 374 g/mol. The standard InChI is InChI=1S/C19H17N7O3/c1-11-7-9-13(10-8-11)21-18(27)16-12(2)20-19-22-23-24-25(19)17(16)14-5-3-4-6-15(14)26(28)29/h3-10,17H,1-2H3,(H,21,27)(H,20,22,24). The van der Waals surface area contributed by atoms with Gasteiger partial charge in [0.05, 0.1) is 16.1 Å². The maximum atomic E-state index is 13.2. The molecule has 0 saturated heterocycles. The molecular formula is C19H17N7O3. The number of aryl methyl sites for hydroxylation is 1. The third-order valence-corrected chi connectivity index (χ3v) is 4.70. The van der Waals surface area contributed by atoms with Crippen molar-refractivity contribution in [3.05, 3.63) is 81.0 Å². The second kappa shape index (κ2) is 7.15. The highest BCUT2D eigenvalue weighted by molar-refractivity contribution is 6.06. The Labute approximate surface area is 165 Å². The number of allylic oxidation sites excluding steroid dienone is 1. The number of hydrogen-bond acceptors (Lipinski definition) is 7. The molecule has 0 bridgehead atoms. The predicted molar refractivity (Wildman–Crippen MR) is 105 cm³/mol. The first-order valence-corrected chi connectivity index (χ1v) is 8.82. The molecule has 1 unspecified atom stereocenters. The molecule has 0 fully saturated rings. The Morgan fingerprint density at radius 1 is 1.17 bits per heavy atom. The van der Waals surface area contributed by atoms with Crippen molar-refractivity contribution in [2.24, 2.45) is 0 Å². The minimum absolute atomic E-state index is 0.116. The normalized spacial score (nSPS) is 15.4. The van der Waals surface area contributed by atoms with Crippen LogP contribution in [-0.2, 0) is 4.79 Å². The van der Waals surface area contributed by atoms with Crippen molar-refractivity contribution in [2.45, 2.75) is 19.9 Å². The number of tetrazole rings is 1. The fourth-order valence-electron chi connectivity index (χ4n) is 3.31. The Morgan fingerprint density at radius 2 is 1.90 bits per heavy atom. The highest BCUT2D eigenvalue weighted by atomic mass is 16.6. The third-order valence-electron chi connectivity index (χ3n) is 4.70. The van der Waals surface area contributed by atoms with Gasteiger partial charge in [-0.3, -0.25) is 14.9 Å². The summed E-state index contributed by atoms with van der Waals surface area (Å²) in [5.41, 5.74) is 2.69. The summed E-state index contributed by atoms with van der Waals surface area (Å²) in [7, 11) is 0. The molecule has 146 valence electrons. The third kappa shape index (κ3) is 3.31. The predicted octanol–water partition coefficient (Wildman–Crippen LogP) is 2.82. The van der Waals surface area contributed by atoms with Crippen LogP contribution in [-0.4, -0.2) is 31.0 Å². The Morgan fingerprint density at radius 3 is 2.62 bits per heavy atom. The van der Waals surface area contributed by atoms with Gasteiger partial charge >= 0.3 is 0 Å². The second-order valence-electron chi connectivity index (χ2n) is 6.65. The van der Waals surface area contributed by atoms with Crippen molar-refractivity contribution in [1.29, 1.82) is 0 Å². The maximum absolute atomic E-state index is 13.2. The van der Waals surface area contributed by atoms with Crippen LogP contribution in [0.15, 0.2) is 59.8 Å². The number of carbonyl (C=O) groups excluding carboxylic acids is 1. The molecule has 4 rings (SSSR count). The van der Waals surface area contributed by atoms with E-state index in [1.165, 1.54) is 10.7 Å².